The molecule has 4 heteroatoms. The standard InChI is InChI=1S/C11H10O3S/c1-2-3-8-15(13,14)11-7-5-4-6-10(11)9-12/h3-7,9H,1,8H2. The van der Waals surface area contributed by atoms with Crippen molar-refractivity contribution in [3.63, 3.8) is 0 Å². The number of sulfone groups is 1. The van der Waals surface area contributed by atoms with Crippen molar-refractivity contribution in [3.8, 4) is 0 Å². The van der Waals surface area contributed by atoms with Gasteiger partial charge in [-0.1, -0.05) is 24.8 Å². The Hall–Kier alpha value is -1.64. The van der Waals surface area contributed by atoms with Crippen LogP contribution in [-0.4, -0.2) is 20.5 Å². The Morgan fingerprint density at radius 1 is 1.33 bits per heavy atom. The van der Waals surface area contributed by atoms with Gasteiger partial charge in [0.15, 0.2) is 16.1 Å². The van der Waals surface area contributed by atoms with Crippen LogP contribution >= 0.6 is 0 Å². The minimum absolute atomic E-state index is 0.0477. The van der Waals surface area contributed by atoms with Crippen molar-refractivity contribution in [2.24, 2.45) is 0 Å². The molecule has 3 nitrogen and oxygen atoms in total. The molecule has 0 spiro atoms. The maximum Gasteiger partial charge on any atom is 0.183 e. The number of hydrogen-bond donors (Lipinski definition) is 0. The number of aldehydes is 1. The third kappa shape index (κ3) is 2.65. The van der Waals surface area contributed by atoms with Crippen LogP contribution < -0.4 is 0 Å². The fourth-order valence-corrected chi connectivity index (χ4v) is 2.40. The molecule has 0 aromatic heterocycles. The van der Waals surface area contributed by atoms with Gasteiger partial charge in [0.25, 0.3) is 0 Å². The minimum Gasteiger partial charge on any atom is -0.298 e. The zero-order chi connectivity index (χ0) is 11.3. The first-order valence-corrected chi connectivity index (χ1v) is 5.88. The van der Waals surface area contributed by atoms with Gasteiger partial charge in [0.2, 0.25) is 0 Å². The van der Waals surface area contributed by atoms with Crippen LogP contribution in [0.3, 0.4) is 0 Å². The molecule has 0 radical (unpaired) electrons. The van der Waals surface area contributed by atoms with Crippen molar-refractivity contribution in [2.75, 3.05) is 5.75 Å². The van der Waals surface area contributed by atoms with Gasteiger partial charge in [0, 0.05) is 5.56 Å². The smallest absolute Gasteiger partial charge is 0.183 e. The second kappa shape index (κ2) is 4.73. The molecular weight excluding hydrogens is 212 g/mol. The summed E-state index contributed by atoms with van der Waals surface area (Å²) in [6.07, 6.45) is 1.85. The lowest BCUT2D eigenvalue weighted by atomic mass is 10.2. The van der Waals surface area contributed by atoms with Crippen LogP contribution in [0.5, 0.6) is 0 Å². The first-order valence-electron chi connectivity index (χ1n) is 4.23. The molecule has 15 heavy (non-hydrogen) atoms. The van der Waals surface area contributed by atoms with E-state index in [1.165, 1.54) is 18.2 Å². The fourth-order valence-electron chi connectivity index (χ4n) is 1.12. The molecule has 0 aliphatic heterocycles. The van der Waals surface area contributed by atoms with E-state index in [9.17, 15) is 13.2 Å². The number of benzene rings is 1. The first kappa shape index (κ1) is 11.4. The van der Waals surface area contributed by atoms with E-state index >= 15 is 0 Å². The maximum absolute atomic E-state index is 11.7. The lowest BCUT2D eigenvalue weighted by Gasteiger charge is -2.03. The third-order valence-electron chi connectivity index (χ3n) is 1.83. The average molecular weight is 222 g/mol. The second-order valence-electron chi connectivity index (χ2n) is 2.85. The summed E-state index contributed by atoms with van der Waals surface area (Å²) in [5, 5.41) is 0. The molecule has 0 aliphatic carbocycles. The van der Waals surface area contributed by atoms with Crippen LogP contribution in [0.4, 0.5) is 0 Å². The van der Waals surface area contributed by atoms with E-state index in [0.29, 0.717) is 6.29 Å². The molecule has 0 fully saturated rings. The molecular formula is C11H10O3S. The fraction of sp³-hybridized carbons (Fsp3) is 0.0909. The van der Waals surface area contributed by atoms with Crippen LogP contribution in [0.25, 0.3) is 0 Å². The molecule has 1 aromatic carbocycles. The number of carbonyl (C=O) groups is 1. The van der Waals surface area contributed by atoms with E-state index in [4.69, 9.17) is 0 Å². The maximum atomic E-state index is 11.7. The molecule has 0 aliphatic rings. The van der Waals surface area contributed by atoms with Crippen molar-refractivity contribution in [1.82, 2.24) is 0 Å². The highest BCUT2D eigenvalue weighted by atomic mass is 32.2. The highest BCUT2D eigenvalue weighted by molar-refractivity contribution is 7.91. The first-order chi connectivity index (χ1) is 7.11. The van der Waals surface area contributed by atoms with Gasteiger partial charge in [0.05, 0.1) is 10.6 Å². The number of carbonyl (C=O) groups excluding carboxylic acids is 1. The number of hydrogen-bond acceptors (Lipinski definition) is 3. The summed E-state index contributed by atoms with van der Waals surface area (Å²) >= 11 is 0. The molecule has 78 valence electrons. The molecule has 0 heterocycles. The Morgan fingerprint density at radius 3 is 2.60 bits per heavy atom. The van der Waals surface area contributed by atoms with E-state index in [1.54, 1.807) is 12.1 Å². The quantitative estimate of drug-likeness (QED) is 0.574. The van der Waals surface area contributed by atoms with Crippen LogP contribution in [-0.2, 0) is 9.84 Å². The van der Waals surface area contributed by atoms with Crippen LogP contribution in [0.15, 0.2) is 47.5 Å². The monoisotopic (exact) mass is 222 g/mol. The van der Waals surface area contributed by atoms with Crippen molar-refractivity contribution >= 4 is 16.1 Å². The lowest BCUT2D eigenvalue weighted by molar-refractivity contribution is 0.112. The highest BCUT2D eigenvalue weighted by Crippen LogP contribution is 2.15. The normalized spacial score (nSPS) is 10.4. The van der Waals surface area contributed by atoms with Crippen molar-refractivity contribution in [1.29, 1.82) is 0 Å². The summed E-state index contributed by atoms with van der Waals surface area (Å²) in [6.45, 7) is 3.29. The van der Waals surface area contributed by atoms with Crippen molar-refractivity contribution in [3.05, 3.63) is 48.2 Å². The lowest BCUT2D eigenvalue weighted by Crippen LogP contribution is -2.07. The predicted octanol–water partition coefficient (Wildman–Crippen LogP) is 1.61. The third-order valence-corrected chi connectivity index (χ3v) is 3.48. The zero-order valence-corrected chi connectivity index (χ0v) is 8.83. The van der Waals surface area contributed by atoms with Gasteiger partial charge in [-0.15, -0.1) is 5.73 Å². The second-order valence-corrected chi connectivity index (χ2v) is 4.85. The van der Waals surface area contributed by atoms with Crippen molar-refractivity contribution < 1.29 is 13.2 Å². The largest absolute Gasteiger partial charge is 0.298 e. The Bertz CT molecular complexity index is 508. The molecule has 0 atom stereocenters. The van der Waals surface area contributed by atoms with Gasteiger partial charge in [-0.2, -0.15) is 0 Å². The molecule has 0 saturated carbocycles. The summed E-state index contributed by atoms with van der Waals surface area (Å²) in [7, 11) is -3.45. The van der Waals surface area contributed by atoms with E-state index < -0.39 is 9.84 Å². The Kier molecular flexibility index (Phi) is 3.61. The van der Waals surface area contributed by atoms with Crippen LogP contribution in [0.2, 0.25) is 0 Å². The summed E-state index contributed by atoms with van der Waals surface area (Å²) in [5.41, 5.74) is 2.56. The Labute approximate surface area is 88.7 Å². The molecule has 1 rings (SSSR count). The summed E-state index contributed by atoms with van der Waals surface area (Å²) in [6, 6.07) is 6.08. The molecule has 0 N–H and O–H groups in total. The van der Waals surface area contributed by atoms with Crippen LogP contribution in [0, 0.1) is 0 Å². The predicted molar refractivity (Wildman–Crippen MR) is 57.6 cm³/mol. The van der Waals surface area contributed by atoms with E-state index in [-0.39, 0.29) is 16.2 Å². The Morgan fingerprint density at radius 2 is 2.00 bits per heavy atom. The van der Waals surface area contributed by atoms with Gasteiger partial charge in [0.1, 0.15) is 0 Å². The number of rotatable bonds is 4. The summed E-state index contributed by atoms with van der Waals surface area (Å²) in [4.78, 5) is 10.7. The van der Waals surface area contributed by atoms with Gasteiger partial charge < -0.3 is 0 Å². The van der Waals surface area contributed by atoms with Gasteiger partial charge >= 0.3 is 0 Å². The van der Waals surface area contributed by atoms with E-state index in [1.807, 2.05) is 0 Å². The topological polar surface area (TPSA) is 51.2 Å². The molecule has 1 aromatic rings. The average Bonchev–Trinajstić information content (AvgIpc) is 2.26. The summed E-state index contributed by atoms with van der Waals surface area (Å²) < 4.78 is 23.4. The SMILES string of the molecule is C=C=CCS(=O)(=O)c1ccccc1C=O. The molecule has 0 unspecified atom stereocenters. The van der Waals surface area contributed by atoms with Crippen molar-refractivity contribution in [2.45, 2.75) is 4.90 Å². The van der Waals surface area contributed by atoms with Gasteiger partial charge in [-0.25, -0.2) is 8.42 Å². The van der Waals surface area contributed by atoms with E-state index in [2.05, 4.69) is 12.3 Å². The Balaban J connectivity index is 3.26. The van der Waals surface area contributed by atoms with Gasteiger partial charge in [-0.3, -0.25) is 4.79 Å². The molecule has 0 saturated heterocycles. The minimum atomic E-state index is -3.45. The van der Waals surface area contributed by atoms with E-state index in [0.717, 1.165) is 0 Å². The molecule has 0 amide bonds. The van der Waals surface area contributed by atoms with Crippen LogP contribution in [0.1, 0.15) is 10.4 Å². The molecule has 0 bridgehead atoms. The van der Waals surface area contributed by atoms with Gasteiger partial charge in [-0.05, 0) is 12.1 Å². The summed E-state index contributed by atoms with van der Waals surface area (Å²) in [5.74, 6) is -0.193. The highest BCUT2D eigenvalue weighted by Gasteiger charge is 2.15. The zero-order valence-electron chi connectivity index (χ0n) is 8.01.